The van der Waals surface area contributed by atoms with Crippen LogP contribution in [-0.2, 0) is 17.8 Å². The zero-order valence-electron chi connectivity index (χ0n) is 17.5. The SMILES string of the molecule is CC(C)=CCC[C@H](C)/C=C/C=C(\C)C(=O)NCCc1cn(CCC[NH3+])cn1. The average Bonchev–Trinajstić information content (AvgIpc) is 3.07. The molecule has 0 aliphatic heterocycles. The summed E-state index contributed by atoms with van der Waals surface area (Å²) in [6.45, 7) is 10.8. The largest absolute Gasteiger partial charge is 0.358 e. The Balaban J connectivity index is 2.32. The summed E-state index contributed by atoms with van der Waals surface area (Å²) in [5, 5.41) is 2.96. The van der Waals surface area contributed by atoms with E-state index in [0.29, 0.717) is 12.5 Å². The van der Waals surface area contributed by atoms with Crippen LogP contribution in [0.5, 0.6) is 0 Å². The van der Waals surface area contributed by atoms with Gasteiger partial charge >= 0.3 is 0 Å². The molecule has 0 saturated heterocycles. The van der Waals surface area contributed by atoms with E-state index in [0.717, 1.165) is 50.0 Å². The van der Waals surface area contributed by atoms with Gasteiger partial charge in [0.2, 0.25) is 5.91 Å². The lowest BCUT2D eigenvalue weighted by Gasteiger charge is -2.04. The van der Waals surface area contributed by atoms with Gasteiger partial charge in [-0.25, -0.2) is 4.98 Å². The monoisotopic (exact) mass is 373 g/mol. The van der Waals surface area contributed by atoms with E-state index >= 15 is 0 Å². The molecule has 5 heteroatoms. The number of amides is 1. The molecule has 1 amide bonds. The van der Waals surface area contributed by atoms with E-state index in [1.165, 1.54) is 5.57 Å². The maximum Gasteiger partial charge on any atom is 0.246 e. The number of hydrogen-bond donors (Lipinski definition) is 2. The molecule has 0 aliphatic carbocycles. The number of carbonyl (C=O) groups is 1. The van der Waals surface area contributed by atoms with Crippen molar-refractivity contribution in [2.24, 2.45) is 5.92 Å². The highest BCUT2D eigenvalue weighted by molar-refractivity contribution is 5.93. The van der Waals surface area contributed by atoms with Gasteiger partial charge in [0.25, 0.3) is 0 Å². The number of carbonyl (C=O) groups excluding carboxylic acids is 1. The summed E-state index contributed by atoms with van der Waals surface area (Å²) in [5.41, 5.74) is 6.95. The van der Waals surface area contributed by atoms with Gasteiger partial charge in [0, 0.05) is 37.7 Å². The predicted octanol–water partition coefficient (Wildman–Crippen LogP) is 3.06. The zero-order chi connectivity index (χ0) is 20.1. The van der Waals surface area contributed by atoms with Gasteiger partial charge in [-0.2, -0.15) is 0 Å². The van der Waals surface area contributed by atoms with Gasteiger partial charge in [0.05, 0.1) is 18.6 Å². The van der Waals surface area contributed by atoms with Crippen molar-refractivity contribution in [2.45, 2.75) is 59.9 Å². The van der Waals surface area contributed by atoms with Crippen molar-refractivity contribution in [3.63, 3.8) is 0 Å². The lowest BCUT2D eigenvalue weighted by Crippen LogP contribution is -2.50. The molecule has 1 aromatic rings. The number of allylic oxidation sites excluding steroid dienone is 5. The minimum absolute atomic E-state index is 0.0201. The average molecular weight is 374 g/mol. The van der Waals surface area contributed by atoms with Crippen LogP contribution in [-0.4, -0.2) is 28.5 Å². The Morgan fingerprint density at radius 3 is 2.85 bits per heavy atom. The van der Waals surface area contributed by atoms with E-state index < -0.39 is 0 Å². The molecule has 1 aromatic heterocycles. The molecule has 0 saturated carbocycles. The third kappa shape index (κ3) is 10.6. The summed E-state index contributed by atoms with van der Waals surface area (Å²) in [6.07, 6.45) is 16.2. The standard InChI is InChI=1S/C22H36N4O/c1-18(2)8-5-9-19(3)10-6-11-20(4)22(27)24-14-12-21-16-26(17-25-21)15-7-13-23/h6,8,10-11,16-17,19H,5,7,9,12-15,23H2,1-4H3,(H,24,27)/p+1/b10-6+,20-11+/t19-/m0/s1. The van der Waals surface area contributed by atoms with Crippen LogP contribution >= 0.6 is 0 Å². The Hall–Kier alpha value is -2.14. The highest BCUT2D eigenvalue weighted by Gasteiger charge is 2.04. The van der Waals surface area contributed by atoms with E-state index in [9.17, 15) is 4.79 Å². The summed E-state index contributed by atoms with van der Waals surface area (Å²) in [5.74, 6) is 0.486. The Morgan fingerprint density at radius 2 is 2.15 bits per heavy atom. The molecule has 1 atom stereocenters. The Labute approximate surface area is 164 Å². The minimum Gasteiger partial charge on any atom is -0.358 e. The number of aromatic nitrogens is 2. The molecule has 0 fully saturated rings. The van der Waals surface area contributed by atoms with Gasteiger partial charge in [0.1, 0.15) is 0 Å². The van der Waals surface area contributed by atoms with E-state index in [1.54, 1.807) is 0 Å². The van der Waals surface area contributed by atoms with Crippen LogP contribution in [0.4, 0.5) is 0 Å². The van der Waals surface area contributed by atoms with Gasteiger partial charge in [0.15, 0.2) is 0 Å². The summed E-state index contributed by atoms with van der Waals surface area (Å²) in [7, 11) is 0. The third-order valence-electron chi connectivity index (χ3n) is 4.34. The first-order chi connectivity index (χ1) is 12.9. The highest BCUT2D eigenvalue weighted by atomic mass is 16.1. The molecule has 1 heterocycles. The second kappa shape index (κ2) is 13.1. The lowest BCUT2D eigenvalue weighted by molar-refractivity contribution is -0.368. The highest BCUT2D eigenvalue weighted by Crippen LogP contribution is 2.09. The topological polar surface area (TPSA) is 74.6 Å². The first kappa shape index (κ1) is 22.9. The molecule has 1 rings (SSSR count). The van der Waals surface area contributed by atoms with Gasteiger partial charge in [-0.3, -0.25) is 4.79 Å². The van der Waals surface area contributed by atoms with Crippen LogP contribution < -0.4 is 11.1 Å². The van der Waals surface area contributed by atoms with E-state index in [1.807, 2.05) is 31.6 Å². The maximum absolute atomic E-state index is 12.1. The van der Waals surface area contributed by atoms with Crippen LogP contribution in [0, 0.1) is 5.92 Å². The summed E-state index contributed by atoms with van der Waals surface area (Å²) in [4.78, 5) is 16.5. The molecule has 150 valence electrons. The van der Waals surface area contributed by atoms with Gasteiger partial charge in [-0.1, -0.05) is 36.8 Å². The van der Waals surface area contributed by atoms with Crippen LogP contribution in [0.1, 0.15) is 52.7 Å². The molecule has 0 radical (unpaired) electrons. The first-order valence-corrected chi connectivity index (χ1v) is 9.99. The Bertz CT molecular complexity index is 651. The molecule has 4 N–H and O–H groups in total. The van der Waals surface area contributed by atoms with Crippen LogP contribution in [0.25, 0.3) is 0 Å². The smallest absolute Gasteiger partial charge is 0.246 e. The molecule has 0 bridgehead atoms. The molecule has 0 spiro atoms. The Morgan fingerprint density at radius 1 is 1.37 bits per heavy atom. The van der Waals surface area contributed by atoms with Crippen LogP contribution in [0.15, 0.2) is 48.0 Å². The number of aryl methyl sites for hydroxylation is 1. The summed E-state index contributed by atoms with van der Waals surface area (Å²) < 4.78 is 2.08. The van der Waals surface area contributed by atoms with E-state index in [2.05, 4.69) is 53.5 Å². The second-order valence-corrected chi connectivity index (χ2v) is 7.39. The normalized spacial score (nSPS) is 13.0. The van der Waals surface area contributed by atoms with Crippen molar-refractivity contribution in [2.75, 3.05) is 13.1 Å². The second-order valence-electron chi connectivity index (χ2n) is 7.39. The van der Waals surface area contributed by atoms with E-state index in [4.69, 9.17) is 0 Å². The maximum atomic E-state index is 12.1. The fraction of sp³-hybridized carbons (Fsp3) is 0.545. The molecule has 27 heavy (non-hydrogen) atoms. The molecule has 0 aliphatic rings. The fourth-order valence-electron chi connectivity index (χ4n) is 2.59. The van der Waals surface area contributed by atoms with Crippen molar-refractivity contribution < 1.29 is 10.5 Å². The summed E-state index contributed by atoms with van der Waals surface area (Å²) >= 11 is 0. The minimum atomic E-state index is -0.0201. The van der Waals surface area contributed by atoms with Crippen molar-refractivity contribution >= 4 is 5.91 Å². The van der Waals surface area contributed by atoms with Crippen molar-refractivity contribution in [3.8, 4) is 0 Å². The number of rotatable bonds is 12. The predicted molar refractivity (Wildman–Crippen MR) is 112 cm³/mol. The zero-order valence-corrected chi connectivity index (χ0v) is 17.5. The Kier molecular flexibility index (Phi) is 11.1. The van der Waals surface area contributed by atoms with E-state index in [-0.39, 0.29) is 5.91 Å². The number of quaternary nitrogens is 1. The molecule has 0 aromatic carbocycles. The number of nitrogens with one attached hydrogen (secondary N) is 1. The van der Waals surface area contributed by atoms with Gasteiger partial charge in [-0.15, -0.1) is 0 Å². The molecule has 0 unspecified atom stereocenters. The number of nitrogens with zero attached hydrogens (tertiary/aromatic N) is 2. The van der Waals surface area contributed by atoms with Gasteiger partial charge in [-0.05, 0) is 39.5 Å². The van der Waals surface area contributed by atoms with Crippen molar-refractivity contribution in [1.82, 2.24) is 14.9 Å². The fourth-order valence-corrected chi connectivity index (χ4v) is 2.59. The van der Waals surface area contributed by atoms with Crippen LogP contribution in [0.3, 0.4) is 0 Å². The van der Waals surface area contributed by atoms with Gasteiger partial charge < -0.3 is 15.6 Å². The number of hydrogen-bond acceptors (Lipinski definition) is 2. The third-order valence-corrected chi connectivity index (χ3v) is 4.34. The lowest BCUT2D eigenvalue weighted by atomic mass is 10.0. The molecule has 5 nitrogen and oxygen atoms in total. The van der Waals surface area contributed by atoms with Crippen LogP contribution in [0.2, 0.25) is 0 Å². The number of imidazole rings is 1. The van der Waals surface area contributed by atoms with Crippen molar-refractivity contribution in [3.05, 3.63) is 53.7 Å². The molecular weight excluding hydrogens is 336 g/mol. The summed E-state index contributed by atoms with van der Waals surface area (Å²) in [6, 6.07) is 0. The van der Waals surface area contributed by atoms with Crippen molar-refractivity contribution in [1.29, 1.82) is 0 Å². The molecular formula is C22H37N4O+. The quantitative estimate of drug-likeness (QED) is 0.336. The first-order valence-electron chi connectivity index (χ1n) is 9.99.